The highest BCUT2D eigenvalue weighted by molar-refractivity contribution is 5.39. The lowest BCUT2D eigenvalue weighted by Gasteiger charge is -2.26. The van der Waals surface area contributed by atoms with Gasteiger partial charge in [0.1, 0.15) is 5.75 Å². The van der Waals surface area contributed by atoms with Gasteiger partial charge in [-0.15, -0.1) is 0 Å². The number of nitrogens with zero attached hydrogens (tertiary/aromatic N) is 1. The highest BCUT2D eigenvalue weighted by Gasteiger charge is 2.23. The van der Waals surface area contributed by atoms with E-state index in [0.717, 1.165) is 11.4 Å². The van der Waals surface area contributed by atoms with E-state index in [1.165, 1.54) is 5.56 Å². The van der Waals surface area contributed by atoms with Crippen LogP contribution in [0.5, 0.6) is 5.75 Å². The summed E-state index contributed by atoms with van der Waals surface area (Å²) < 4.78 is 5.97. The molecule has 0 aliphatic rings. The van der Waals surface area contributed by atoms with Gasteiger partial charge < -0.3 is 4.74 Å². The smallest absolute Gasteiger partial charge is 0.126 e. The molecule has 0 spiro atoms. The molecular weight excluding hydrogens is 222 g/mol. The molecule has 0 aliphatic carbocycles. The number of rotatable bonds is 2. The Hall–Kier alpha value is -1.05. The molecule has 1 rings (SSSR count). The summed E-state index contributed by atoms with van der Waals surface area (Å²) in [6, 6.07) is 2.10. The fraction of sp³-hybridized carbons (Fsp3) is 0.688. The third kappa shape index (κ3) is 3.72. The van der Waals surface area contributed by atoms with E-state index in [1.54, 1.807) is 0 Å². The minimum Gasteiger partial charge on any atom is -0.491 e. The molecule has 0 saturated heterocycles. The Morgan fingerprint density at radius 3 is 1.94 bits per heavy atom. The molecule has 0 N–H and O–H groups in total. The summed E-state index contributed by atoms with van der Waals surface area (Å²) in [6.45, 7) is 17.2. The summed E-state index contributed by atoms with van der Waals surface area (Å²) in [7, 11) is 0. The van der Waals surface area contributed by atoms with Gasteiger partial charge in [0.25, 0.3) is 0 Å². The quantitative estimate of drug-likeness (QED) is 0.772. The Morgan fingerprint density at radius 1 is 1.00 bits per heavy atom. The van der Waals surface area contributed by atoms with Crippen LogP contribution in [0.1, 0.15) is 66.6 Å². The van der Waals surface area contributed by atoms with Crippen LogP contribution in [0, 0.1) is 0 Å². The number of ether oxygens (including phenoxy) is 1. The van der Waals surface area contributed by atoms with Gasteiger partial charge in [0.15, 0.2) is 0 Å². The maximum atomic E-state index is 5.97. The predicted molar refractivity (Wildman–Crippen MR) is 77.4 cm³/mol. The first-order valence-electron chi connectivity index (χ1n) is 6.69. The van der Waals surface area contributed by atoms with E-state index in [2.05, 4.69) is 66.4 Å². The summed E-state index contributed by atoms with van der Waals surface area (Å²) >= 11 is 0. The first-order chi connectivity index (χ1) is 8.01. The molecule has 102 valence electrons. The van der Waals surface area contributed by atoms with Crippen molar-refractivity contribution < 1.29 is 4.74 Å². The molecule has 1 aromatic rings. The van der Waals surface area contributed by atoms with Gasteiger partial charge in [0, 0.05) is 28.9 Å². The summed E-state index contributed by atoms with van der Waals surface area (Å²) in [5, 5.41) is 0. The van der Waals surface area contributed by atoms with Gasteiger partial charge in [-0.25, -0.2) is 0 Å². The topological polar surface area (TPSA) is 22.1 Å². The average Bonchev–Trinajstić information content (AvgIpc) is 2.13. The molecule has 0 radical (unpaired) electrons. The molecular formula is C16H27NO. The monoisotopic (exact) mass is 249 g/mol. The highest BCUT2D eigenvalue weighted by Crippen LogP contribution is 2.34. The molecule has 1 heterocycles. The molecule has 0 bridgehead atoms. The molecule has 1 aromatic heterocycles. The van der Waals surface area contributed by atoms with Crippen molar-refractivity contribution in [3.63, 3.8) is 0 Å². The van der Waals surface area contributed by atoms with E-state index in [1.807, 2.05) is 6.20 Å². The largest absolute Gasteiger partial charge is 0.491 e. The molecule has 0 amide bonds. The van der Waals surface area contributed by atoms with Gasteiger partial charge >= 0.3 is 0 Å². The summed E-state index contributed by atoms with van der Waals surface area (Å²) in [6.07, 6.45) is 2.15. The SMILES string of the molecule is CC(C)Oc1cc(C(C)(C)C)ncc1C(C)(C)C. The molecule has 0 unspecified atom stereocenters. The van der Waals surface area contributed by atoms with E-state index in [9.17, 15) is 0 Å². The minimum absolute atomic E-state index is 0.0471. The van der Waals surface area contributed by atoms with Gasteiger partial charge in [-0.05, 0) is 19.3 Å². The zero-order valence-corrected chi connectivity index (χ0v) is 13.1. The molecule has 0 atom stereocenters. The van der Waals surface area contributed by atoms with Gasteiger partial charge in [-0.2, -0.15) is 0 Å². The van der Waals surface area contributed by atoms with Gasteiger partial charge in [0.2, 0.25) is 0 Å². The van der Waals surface area contributed by atoms with Crippen molar-refractivity contribution in [1.29, 1.82) is 0 Å². The minimum atomic E-state index is 0.0471. The van der Waals surface area contributed by atoms with Crippen molar-refractivity contribution in [3.8, 4) is 5.75 Å². The number of hydrogen-bond donors (Lipinski definition) is 0. The third-order valence-corrected chi connectivity index (χ3v) is 2.81. The van der Waals surface area contributed by atoms with Gasteiger partial charge in [-0.3, -0.25) is 4.98 Å². The highest BCUT2D eigenvalue weighted by atomic mass is 16.5. The van der Waals surface area contributed by atoms with Crippen LogP contribution in [0.4, 0.5) is 0 Å². The van der Waals surface area contributed by atoms with Crippen LogP contribution >= 0.6 is 0 Å². The van der Waals surface area contributed by atoms with Crippen molar-refractivity contribution >= 4 is 0 Å². The van der Waals surface area contributed by atoms with Crippen LogP contribution in [0.3, 0.4) is 0 Å². The van der Waals surface area contributed by atoms with E-state index in [4.69, 9.17) is 4.74 Å². The second kappa shape index (κ2) is 4.91. The predicted octanol–water partition coefficient (Wildman–Crippen LogP) is 4.46. The van der Waals surface area contributed by atoms with Crippen molar-refractivity contribution in [1.82, 2.24) is 4.98 Å². The second-order valence-electron chi connectivity index (χ2n) is 7.23. The lowest BCUT2D eigenvalue weighted by Crippen LogP contribution is -2.20. The fourth-order valence-corrected chi connectivity index (χ4v) is 1.76. The Morgan fingerprint density at radius 2 is 1.56 bits per heavy atom. The molecule has 0 saturated carbocycles. The lowest BCUT2D eigenvalue weighted by molar-refractivity contribution is 0.235. The van der Waals surface area contributed by atoms with Crippen LogP contribution in [-0.2, 0) is 10.8 Å². The molecule has 2 heteroatoms. The Kier molecular flexibility index (Phi) is 4.09. The number of hydrogen-bond acceptors (Lipinski definition) is 2. The maximum Gasteiger partial charge on any atom is 0.126 e. The summed E-state index contributed by atoms with van der Waals surface area (Å²) in [4.78, 5) is 4.60. The summed E-state index contributed by atoms with van der Waals surface area (Å²) in [5.74, 6) is 0.970. The van der Waals surface area contributed by atoms with E-state index in [0.29, 0.717) is 0 Å². The molecule has 2 nitrogen and oxygen atoms in total. The molecule has 0 fully saturated rings. The van der Waals surface area contributed by atoms with Crippen LogP contribution in [0.15, 0.2) is 12.3 Å². The van der Waals surface area contributed by atoms with Crippen LogP contribution in [-0.4, -0.2) is 11.1 Å². The first kappa shape index (κ1) is 15.0. The lowest BCUT2D eigenvalue weighted by atomic mass is 9.85. The van der Waals surface area contributed by atoms with Crippen LogP contribution < -0.4 is 4.74 Å². The Labute approximate surface area is 112 Å². The fourth-order valence-electron chi connectivity index (χ4n) is 1.76. The maximum absolute atomic E-state index is 5.97. The molecule has 0 aromatic carbocycles. The first-order valence-corrected chi connectivity index (χ1v) is 6.69. The van der Waals surface area contributed by atoms with Crippen LogP contribution in [0.2, 0.25) is 0 Å². The van der Waals surface area contributed by atoms with Crippen molar-refractivity contribution in [2.75, 3.05) is 0 Å². The second-order valence-corrected chi connectivity index (χ2v) is 7.23. The van der Waals surface area contributed by atoms with Crippen LogP contribution in [0.25, 0.3) is 0 Å². The number of pyridine rings is 1. The Bertz CT molecular complexity index is 408. The zero-order valence-electron chi connectivity index (χ0n) is 13.1. The van der Waals surface area contributed by atoms with Gasteiger partial charge in [-0.1, -0.05) is 41.5 Å². The normalized spacial score (nSPS) is 12.9. The summed E-state index contributed by atoms with van der Waals surface area (Å²) in [5.41, 5.74) is 2.34. The van der Waals surface area contributed by atoms with Gasteiger partial charge in [0.05, 0.1) is 6.10 Å². The number of aromatic nitrogens is 1. The third-order valence-electron chi connectivity index (χ3n) is 2.81. The van der Waals surface area contributed by atoms with Crippen molar-refractivity contribution in [3.05, 3.63) is 23.5 Å². The van der Waals surface area contributed by atoms with E-state index < -0.39 is 0 Å². The average molecular weight is 249 g/mol. The standard InChI is InChI=1S/C16H27NO/c1-11(2)18-13-9-14(16(6,7)8)17-10-12(13)15(3,4)5/h9-11H,1-8H3. The zero-order chi connectivity index (χ0) is 14.1. The molecule has 0 aliphatic heterocycles. The van der Waals surface area contributed by atoms with E-state index in [-0.39, 0.29) is 16.9 Å². The molecule has 18 heavy (non-hydrogen) atoms. The Balaban J connectivity index is 3.30. The van der Waals surface area contributed by atoms with E-state index >= 15 is 0 Å². The van der Waals surface area contributed by atoms with Crippen molar-refractivity contribution in [2.24, 2.45) is 0 Å². The van der Waals surface area contributed by atoms with Crippen molar-refractivity contribution in [2.45, 2.75) is 72.3 Å².